The maximum atomic E-state index is 13.1. The zero-order chi connectivity index (χ0) is 16.7. The first-order valence-corrected chi connectivity index (χ1v) is 9.05. The number of amides is 1. The fourth-order valence-electron chi connectivity index (χ4n) is 4.42. The van der Waals surface area contributed by atoms with Crippen LogP contribution in [0.25, 0.3) is 5.65 Å². The monoisotopic (exact) mass is 327 g/mol. The number of aryl methyl sites for hydroxylation is 1. The minimum atomic E-state index is 0.149. The lowest BCUT2D eigenvalue weighted by molar-refractivity contribution is 0.0649. The Morgan fingerprint density at radius 3 is 2.79 bits per heavy atom. The summed E-state index contributed by atoms with van der Waals surface area (Å²) in [6, 6.07) is 4.65. The molecule has 2 fully saturated rings. The van der Waals surface area contributed by atoms with Crippen molar-refractivity contribution < 1.29 is 4.79 Å². The first-order valence-electron chi connectivity index (χ1n) is 9.05. The van der Waals surface area contributed by atoms with Crippen molar-refractivity contribution >= 4 is 11.6 Å². The van der Waals surface area contributed by atoms with Gasteiger partial charge in [0.15, 0.2) is 5.65 Å². The molecule has 2 aromatic rings. The molecule has 0 N–H and O–H groups in total. The Morgan fingerprint density at radius 1 is 1.17 bits per heavy atom. The Labute approximate surface area is 142 Å². The van der Waals surface area contributed by atoms with E-state index in [1.165, 1.54) is 19.4 Å². The van der Waals surface area contributed by atoms with Crippen molar-refractivity contribution in [2.24, 2.45) is 0 Å². The van der Waals surface area contributed by atoms with Gasteiger partial charge in [0.1, 0.15) is 5.82 Å². The van der Waals surface area contributed by atoms with Gasteiger partial charge in [0.05, 0.1) is 5.56 Å². The maximum absolute atomic E-state index is 13.1. The van der Waals surface area contributed by atoms with Gasteiger partial charge in [-0.3, -0.25) is 14.1 Å². The van der Waals surface area contributed by atoms with Crippen LogP contribution in [-0.2, 0) is 0 Å². The molecule has 6 nitrogen and oxygen atoms in total. The molecule has 2 aromatic heterocycles. The van der Waals surface area contributed by atoms with Crippen LogP contribution in [0.4, 0.5) is 0 Å². The summed E-state index contributed by atoms with van der Waals surface area (Å²) in [6.45, 7) is 7.25. The van der Waals surface area contributed by atoms with Gasteiger partial charge in [0.25, 0.3) is 5.91 Å². The topological polar surface area (TPSA) is 53.7 Å². The van der Waals surface area contributed by atoms with Crippen LogP contribution in [0.1, 0.15) is 48.8 Å². The molecule has 2 aliphatic heterocycles. The number of aromatic nitrogens is 3. The van der Waals surface area contributed by atoms with Gasteiger partial charge < -0.3 is 4.90 Å². The fraction of sp³-hybridized carbons (Fsp3) is 0.611. The average molecular weight is 327 g/mol. The number of nitrogens with zero attached hydrogens (tertiary/aromatic N) is 5. The summed E-state index contributed by atoms with van der Waals surface area (Å²) in [7, 11) is 0. The lowest BCUT2D eigenvalue weighted by Crippen LogP contribution is -2.48. The summed E-state index contributed by atoms with van der Waals surface area (Å²) in [5.41, 5.74) is 1.52. The van der Waals surface area contributed by atoms with E-state index >= 15 is 0 Å². The van der Waals surface area contributed by atoms with Gasteiger partial charge in [-0.05, 0) is 57.8 Å². The van der Waals surface area contributed by atoms with Crippen molar-refractivity contribution in [1.29, 1.82) is 0 Å². The van der Waals surface area contributed by atoms with Gasteiger partial charge in [-0.1, -0.05) is 6.92 Å². The first-order chi connectivity index (χ1) is 11.7. The molecule has 0 spiro atoms. The number of likely N-dealkylation sites (tertiary alicyclic amines) is 2. The number of carbonyl (C=O) groups excluding carboxylic acids is 1. The second kappa shape index (κ2) is 6.16. The molecule has 1 amide bonds. The molecule has 0 aliphatic carbocycles. The number of rotatable bonds is 3. The normalized spacial score (nSPS) is 25.0. The van der Waals surface area contributed by atoms with Crippen molar-refractivity contribution in [3.8, 4) is 0 Å². The summed E-state index contributed by atoms with van der Waals surface area (Å²) in [5.74, 6) is 0.959. The molecular weight excluding hydrogens is 302 g/mol. The van der Waals surface area contributed by atoms with Gasteiger partial charge in [0.2, 0.25) is 0 Å². The molecule has 0 aromatic carbocycles. The van der Waals surface area contributed by atoms with Gasteiger partial charge in [-0.15, -0.1) is 10.2 Å². The third-order valence-electron chi connectivity index (χ3n) is 5.64. The lowest BCUT2D eigenvalue weighted by Gasteiger charge is -2.34. The van der Waals surface area contributed by atoms with Gasteiger partial charge in [0, 0.05) is 24.8 Å². The molecule has 2 saturated heterocycles. The SMILES string of the molecule is CCN1CCC[C@H]1[C@H]1CCCN1C(=O)c1ccc2nnc(C)n2c1. The molecule has 24 heavy (non-hydrogen) atoms. The Balaban J connectivity index is 1.61. The predicted octanol–water partition coefficient (Wildman–Crippen LogP) is 2.13. The smallest absolute Gasteiger partial charge is 0.255 e. The third-order valence-corrected chi connectivity index (χ3v) is 5.64. The van der Waals surface area contributed by atoms with Crippen molar-refractivity contribution in [2.75, 3.05) is 19.6 Å². The minimum Gasteiger partial charge on any atom is -0.334 e. The highest BCUT2D eigenvalue weighted by molar-refractivity contribution is 5.94. The van der Waals surface area contributed by atoms with Gasteiger partial charge >= 0.3 is 0 Å². The fourth-order valence-corrected chi connectivity index (χ4v) is 4.42. The summed E-state index contributed by atoms with van der Waals surface area (Å²) in [5, 5.41) is 8.17. The van der Waals surface area contributed by atoms with Crippen molar-refractivity contribution in [1.82, 2.24) is 24.4 Å². The van der Waals surface area contributed by atoms with Crippen LogP contribution in [-0.4, -0.2) is 62.0 Å². The number of likely N-dealkylation sites (N-methyl/N-ethyl adjacent to an activating group) is 1. The van der Waals surface area contributed by atoms with E-state index in [2.05, 4.69) is 26.9 Å². The maximum Gasteiger partial charge on any atom is 0.255 e. The van der Waals surface area contributed by atoms with Crippen LogP contribution in [0.2, 0.25) is 0 Å². The molecule has 0 radical (unpaired) electrons. The molecule has 2 atom stereocenters. The van der Waals surface area contributed by atoms with Crippen molar-refractivity contribution in [2.45, 2.75) is 51.6 Å². The van der Waals surface area contributed by atoms with E-state index < -0.39 is 0 Å². The average Bonchev–Trinajstić information content (AvgIpc) is 3.33. The van der Waals surface area contributed by atoms with Crippen LogP contribution in [0, 0.1) is 6.92 Å². The van der Waals surface area contributed by atoms with Crippen molar-refractivity contribution in [3.05, 3.63) is 29.7 Å². The molecule has 4 rings (SSSR count). The molecule has 0 bridgehead atoms. The molecular formula is C18H25N5O. The van der Waals surface area contributed by atoms with E-state index in [1.807, 2.05) is 29.7 Å². The summed E-state index contributed by atoms with van der Waals surface area (Å²) in [6.07, 6.45) is 6.59. The van der Waals surface area contributed by atoms with E-state index in [-0.39, 0.29) is 5.91 Å². The van der Waals surface area contributed by atoms with E-state index in [9.17, 15) is 4.79 Å². The highest BCUT2D eigenvalue weighted by atomic mass is 16.2. The number of carbonyl (C=O) groups is 1. The largest absolute Gasteiger partial charge is 0.334 e. The van der Waals surface area contributed by atoms with Crippen LogP contribution in [0.15, 0.2) is 18.3 Å². The van der Waals surface area contributed by atoms with Crippen LogP contribution in [0.3, 0.4) is 0 Å². The number of pyridine rings is 1. The third kappa shape index (κ3) is 2.49. The molecule has 2 aliphatic rings. The number of hydrogen-bond donors (Lipinski definition) is 0. The van der Waals surface area contributed by atoms with E-state index in [4.69, 9.17) is 0 Å². The summed E-state index contributed by atoms with van der Waals surface area (Å²) < 4.78 is 1.90. The van der Waals surface area contributed by atoms with Crippen LogP contribution >= 0.6 is 0 Å². The quantitative estimate of drug-likeness (QED) is 0.866. The lowest BCUT2D eigenvalue weighted by atomic mass is 10.0. The standard InChI is InChI=1S/C18H25N5O/c1-3-21-10-4-6-15(21)16-7-5-11-22(16)18(24)14-8-9-17-20-19-13(2)23(17)12-14/h8-9,12,15-16H,3-7,10-11H2,1-2H3/t15-,16+/m0/s1. The molecule has 0 unspecified atom stereocenters. The Morgan fingerprint density at radius 2 is 1.96 bits per heavy atom. The number of hydrogen-bond acceptors (Lipinski definition) is 4. The highest BCUT2D eigenvalue weighted by Gasteiger charge is 2.39. The zero-order valence-electron chi connectivity index (χ0n) is 14.5. The molecule has 4 heterocycles. The Kier molecular flexibility index (Phi) is 4.00. The van der Waals surface area contributed by atoms with Gasteiger partial charge in [-0.2, -0.15) is 0 Å². The van der Waals surface area contributed by atoms with E-state index in [0.29, 0.717) is 12.1 Å². The summed E-state index contributed by atoms with van der Waals surface area (Å²) in [4.78, 5) is 17.8. The Hall–Kier alpha value is -1.95. The highest BCUT2D eigenvalue weighted by Crippen LogP contribution is 2.30. The van der Waals surface area contributed by atoms with Gasteiger partial charge in [-0.25, -0.2) is 0 Å². The predicted molar refractivity (Wildman–Crippen MR) is 92.1 cm³/mol. The number of fused-ring (bicyclic) bond motifs is 1. The van der Waals surface area contributed by atoms with E-state index in [1.54, 1.807) is 0 Å². The first kappa shape index (κ1) is 15.6. The Bertz CT molecular complexity index is 755. The summed E-state index contributed by atoms with van der Waals surface area (Å²) >= 11 is 0. The second-order valence-electron chi connectivity index (χ2n) is 6.94. The van der Waals surface area contributed by atoms with Crippen LogP contribution in [0.5, 0.6) is 0 Å². The van der Waals surface area contributed by atoms with Crippen LogP contribution < -0.4 is 0 Å². The van der Waals surface area contributed by atoms with E-state index in [0.717, 1.165) is 43.0 Å². The zero-order valence-corrected chi connectivity index (χ0v) is 14.5. The second-order valence-corrected chi connectivity index (χ2v) is 6.94. The molecule has 128 valence electrons. The minimum absolute atomic E-state index is 0.149. The molecule has 6 heteroatoms. The van der Waals surface area contributed by atoms with Crippen molar-refractivity contribution in [3.63, 3.8) is 0 Å². The molecule has 0 saturated carbocycles.